The SMILES string of the molecule is O=C([O-])CC(NC(=O)CN(CCN(CC(=O)NC(CC(=O)[O-])C(=O)[O-])CC(=O)NC(CC(=O)[O-])C(=O)[O-])CC(=O)NC(CC(=O)[O-])C(=O)[O-])C(=O)[O-].[Na+].[Na+].[Na+].[Na+].[Na+].[Na+].[Na+].[Na+]. The second-order valence-corrected chi connectivity index (χ2v) is 10.5. The minimum Gasteiger partial charge on any atom is -0.550 e. The molecule has 0 saturated heterocycles. The Balaban J connectivity index is -0.000000464. The van der Waals surface area contributed by atoms with Crippen LogP contribution >= 0.6 is 0 Å². The fourth-order valence-electron chi connectivity index (χ4n) is 3.92. The van der Waals surface area contributed by atoms with Gasteiger partial charge in [0.15, 0.2) is 0 Å². The van der Waals surface area contributed by atoms with Crippen molar-refractivity contribution in [3.63, 3.8) is 0 Å². The van der Waals surface area contributed by atoms with Crippen molar-refractivity contribution in [3.05, 3.63) is 0 Å². The molecule has 4 atom stereocenters. The predicted molar refractivity (Wildman–Crippen MR) is 139 cm³/mol. The van der Waals surface area contributed by atoms with Gasteiger partial charge >= 0.3 is 236 Å². The zero-order valence-electron chi connectivity index (χ0n) is 34.4. The van der Waals surface area contributed by atoms with Crippen molar-refractivity contribution in [2.24, 2.45) is 0 Å². The van der Waals surface area contributed by atoms with Crippen LogP contribution < -0.4 is 299 Å². The van der Waals surface area contributed by atoms with E-state index in [2.05, 4.69) is 0 Å². The monoisotopic (exact) mass is 928 g/mol. The summed E-state index contributed by atoms with van der Waals surface area (Å²) in [5.74, 6) is -21.5. The molecule has 0 spiro atoms. The number of carbonyl (C=O) groups excluding carboxylic acids is 12. The largest absolute Gasteiger partial charge is 1.00 e. The average Bonchev–Trinajstić information content (AvgIpc) is 2.97. The maximum atomic E-state index is 12.6. The summed E-state index contributed by atoms with van der Waals surface area (Å²) in [6, 6.07) is -8.73. The van der Waals surface area contributed by atoms with Gasteiger partial charge in [0.1, 0.15) is 0 Å². The van der Waals surface area contributed by atoms with E-state index in [9.17, 15) is 98.4 Å². The third kappa shape index (κ3) is 41.0. The molecule has 34 heteroatoms. The number of hydrogen-bond acceptors (Lipinski definition) is 22. The van der Waals surface area contributed by atoms with Crippen molar-refractivity contribution in [1.82, 2.24) is 31.1 Å². The Kier molecular flexibility index (Phi) is 60.5. The number of carbonyl (C=O) groups is 12. The molecule has 4 N–H and O–H groups in total. The summed E-state index contributed by atoms with van der Waals surface area (Å²) in [6.07, 6.45) is -5.17. The van der Waals surface area contributed by atoms with Gasteiger partial charge < -0.3 is 100 Å². The molecular formula is C26H28N6Na8O20. The topological polar surface area (TPSA) is 444 Å². The molecule has 290 valence electrons. The van der Waals surface area contributed by atoms with Gasteiger partial charge in [0.05, 0.1) is 74.2 Å². The first kappa shape index (κ1) is 81.7. The van der Waals surface area contributed by atoms with E-state index < -0.39 is 161 Å². The molecule has 26 nitrogen and oxygen atoms in total. The molecule has 0 aliphatic carbocycles. The van der Waals surface area contributed by atoms with Crippen LogP contribution in [0.4, 0.5) is 0 Å². The number of amides is 4. The van der Waals surface area contributed by atoms with Crippen molar-refractivity contribution in [3.8, 4) is 0 Å². The van der Waals surface area contributed by atoms with Gasteiger partial charge in [-0.05, 0) is 0 Å². The molecule has 0 aliphatic heterocycles. The quantitative estimate of drug-likeness (QED) is 0.0556. The smallest absolute Gasteiger partial charge is 0.550 e. The predicted octanol–water partition coefficient (Wildman–Crippen LogP) is -40.9. The Bertz CT molecular complexity index is 1250. The van der Waals surface area contributed by atoms with Gasteiger partial charge in [0, 0.05) is 62.7 Å². The summed E-state index contributed by atoms with van der Waals surface area (Å²) in [7, 11) is 0. The van der Waals surface area contributed by atoms with E-state index in [1.807, 2.05) is 0 Å². The molecule has 4 amide bonds. The molecule has 0 rings (SSSR count). The fraction of sp³-hybridized carbons (Fsp3) is 0.538. The third-order valence-corrected chi connectivity index (χ3v) is 6.16. The Labute approximate surface area is 517 Å². The number of carboxylic acid groups (broad SMARTS) is 8. The third-order valence-electron chi connectivity index (χ3n) is 6.16. The summed E-state index contributed by atoms with van der Waals surface area (Å²) < 4.78 is 0. The van der Waals surface area contributed by atoms with Crippen molar-refractivity contribution in [1.29, 1.82) is 0 Å². The number of nitrogens with zero attached hydrogens (tertiary/aromatic N) is 2. The molecule has 0 bridgehead atoms. The molecule has 0 aromatic heterocycles. The standard InChI is InChI=1S/C26H36N6O20.8Na/c33-15(27-11(23(45)46)3-19(37)38)7-31(8-16(34)28-12(24(47)48)4-20(39)40)1-2-32(9-17(35)29-13(25(49)50)5-21(41)42)10-18(36)30-14(26(51)52)6-22(43)44;;;;;;;;/h11-14H,1-10H2,(H,27,33)(H,28,34)(H,29,35)(H,30,36)(H,37,38)(H,39,40)(H,41,42)(H,43,44)(H,45,46)(H,47,48)(H,49,50)(H,51,52);;;;;;;;/q;8*+1/p-8. The Morgan fingerprint density at radius 3 is 0.583 bits per heavy atom. The van der Waals surface area contributed by atoms with Gasteiger partial charge in [-0.2, -0.15) is 0 Å². The number of hydrogen-bond donors (Lipinski definition) is 4. The zero-order valence-corrected chi connectivity index (χ0v) is 50.4. The van der Waals surface area contributed by atoms with Crippen LogP contribution in [0, 0.1) is 0 Å². The van der Waals surface area contributed by atoms with Gasteiger partial charge in [-0.15, -0.1) is 0 Å². The summed E-state index contributed by atoms with van der Waals surface area (Å²) >= 11 is 0. The van der Waals surface area contributed by atoms with E-state index in [1.54, 1.807) is 21.3 Å². The van der Waals surface area contributed by atoms with Gasteiger partial charge in [-0.3, -0.25) is 29.0 Å². The van der Waals surface area contributed by atoms with E-state index in [1.165, 1.54) is 0 Å². The minimum atomic E-state index is -2.18. The molecule has 0 fully saturated rings. The Morgan fingerprint density at radius 1 is 0.317 bits per heavy atom. The number of rotatable bonds is 27. The number of carboxylic acids is 8. The first-order valence-corrected chi connectivity index (χ1v) is 14.3. The van der Waals surface area contributed by atoms with Crippen molar-refractivity contribution >= 4 is 71.4 Å². The minimum absolute atomic E-state index is 0. The van der Waals surface area contributed by atoms with E-state index in [-0.39, 0.29) is 236 Å². The Morgan fingerprint density at radius 2 is 0.467 bits per heavy atom. The zero-order chi connectivity index (χ0) is 40.3. The first-order chi connectivity index (χ1) is 24.0. The van der Waals surface area contributed by atoms with Crippen LogP contribution in [0.3, 0.4) is 0 Å². The molecule has 0 aromatic carbocycles. The van der Waals surface area contributed by atoms with Gasteiger partial charge in [-0.1, -0.05) is 0 Å². The van der Waals surface area contributed by atoms with E-state index in [4.69, 9.17) is 0 Å². The maximum absolute atomic E-state index is 12.6. The van der Waals surface area contributed by atoms with Crippen molar-refractivity contribution in [2.45, 2.75) is 49.9 Å². The number of nitrogens with one attached hydrogen (secondary N) is 4. The first-order valence-electron chi connectivity index (χ1n) is 14.3. The summed E-state index contributed by atoms with van der Waals surface area (Å²) in [5.41, 5.74) is 0. The summed E-state index contributed by atoms with van der Waals surface area (Å²) in [4.78, 5) is 140. The van der Waals surface area contributed by atoms with Crippen LogP contribution in [-0.4, -0.2) is 145 Å². The molecule has 0 heterocycles. The van der Waals surface area contributed by atoms with Crippen LogP contribution in [0.5, 0.6) is 0 Å². The van der Waals surface area contributed by atoms with Crippen LogP contribution in [0.25, 0.3) is 0 Å². The van der Waals surface area contributed by atoms with Crippen LogP contribution in [0.1, 0.15) is 25.7 Å². The van der Waals surface area contributed by atoms with Crippen molar-refractivity contribution in [2.75, 3.05) is 39.3 Å². The second kappa shape index (κ2) is 44.4. The van der Waals surface area contributed by atoms with E-state index >= 15 is 0 Å². The molecule has 60 heavy (non-hydrogen) atoms. The maximum Gasteiger partial charge on any atom is 1.00 e. The van der Waals surface area contributed by atoms with Gasteiger partial charge in [0.2, 0.25) is 23.6 Å². The summed E-state index contributed by atoms with van der Waals surface area (Å²) in [6.45, 7) is -5.68. The van der Waals surface area contributed by atoms with Gasteiger partial charge in [-0.25, -0.2) is 0 Å². The molecule has 0 saturated carbocycles. The Hall–Kier alpha value is 1.56. The van der Waals surface area contributed by atoms with Gasteiger partial charge in [0.25, 0.3) is 0 Å². The summed E-state index contributed by atoms with van der Waals surface area (Å²) in [5, 5.41) is 95.2. The normalized spacial score (nSPS) is 11.3. The fourth-order valence-corrected chi connectivity index (χ4v) is 3.92. The molecule has 4 unspecified atom stereocenters. The van der Waals surface area contributed by atoms with E-state index in [0.717, 1.165) is 9.80 Å². The average molecular weight is 928 g/mol. The van der Waals surface area contributed by atoms with Crippen LogP contribution in [-0.2, 0) is 57.5 Å². The van der Waals surface area contributed by atoms with Crippen molar-refractivity contribution < 1.29 is 335 Å². The molecule has 0 aromatic rings. The van der Waals surface area contributed by atoms with E-state index in [0.29, 0.717) is 0 Å². The number of aliphatic carboxylic acids is 8. The molecule has 0 aliphatic rings. The second-order valence-electron chi connectivity index (χ2n) is 10.5. The molecular weight excluding hydrogens is 900 g/mol. The molecule has 0 radical (unpaired) electrons. The van der Waals surface area contributed by atoms with Crippen LogP contribution in [0.2, 0.25) is 0 Å². The van der Waals surface area contributed by atoms with Crippen LogP contribution in [0.15, 0.2) is 0 Å².